The van der Waals surface area contributed by atoms with Gasteiger partial charge in [0.2, 0.25) is 11.8 Å². The van der Waals surface area contributed by atoms with Crippen LogP contribution in [0.15, 0.2) is 0 Å². The number of anilines is 1. The van der Waals surface area contributed by atoms with E-state index in [1.54, 1.807) is 11.8 Å². The van der Waals surface area contributed by atoms with Crippen molar-refractivity contribution in [1.29, 1.82) is 0 Å². The lowest BCUT2D eigenvalue weighted by Crippen LogP contribution is -2.40. The van der Waals surface area contributed by atoms with Crippen LogP contribution < -0.4 is 11.1 Å². The highest BCUT2D eigenvalue weighted by Gasteiger charge is 2.30. The number of piperidine rings is 1. The molecule has 1 aromatic rings. The first-order valence-electron chi connectivity index (χ1n) is 7.98. The minimum Gasteiger partial charge on any atom is -0.365 e. The van der Waals surface area contributed by atoms with E-state index in [2.05, 4.69) is 5.32 Å². The lowest BCUT2D eigenvalue weighted by molar-refractivity contribution is -0.132. The monoisotopic (exact) mass is 335 g/mol. The van der Waals surface area contributed by atoms with Gasteiger partial charge >= 0.3 is 0 Å². The van der Waals surface area contributed by atoms with Crippen LogP contribution in [0.2, 0.25) is 0 Å². The fourth-order valence-electron chi connectivity index (χ4n) is 3.42. The van der Waals surface area contributed by atoms with Crippen LogP contribution in [0.4, 0.5) is 5.00 Å². The summed E-state index contributed by atoms with van der Waals surface area (Å²) in [6, 6.07) is 0. The van der Waals surface area contributed by atoms with E-state index in [0.29, 0.717) is 36.5 Å². The van der Waals surface area contributed by atoms with Crippen LogP contribution in [0.3, 0.4) is 0 Å². The molecule has 3 amide bonds. The summed E-state index contributed by atoms with van der Waals surface area (Å²) in [6.45, 7) is 2.76. The second-order valence-electron chi connectivity index (χ2n) is 6.20. The van der Waals surface area contributed by atoms with Crippen LogP contribution >= 0.6 is 11.3 Å². The molecule has 0 aromatic carbocycles. The zero-order chi connectivity index (χ0) is 16.6. The number of amides is 3. The molecule has 0 bridgehead atoms. The molecule has 2 heterocycles. The Bertz CT molecular complexity index is 660. The van der Waals surface area contributed by atoms with Crippen molar-refractivity contribution in [2.45, 2.75) is 39.0 Å². The number of rotatable bonds is 3. The van der Waals surface area contributed by atoms with Gasteiger partial charge in [-0.15, -0.1) is 11.3 Å². The maximum Gasteiger partial charge on any atom is 0.251 e. The molecule has 7 heteroatoms. The largest absolute Gasteiger partial charge is 0.365 e. The predicted molar refractivity (Wildman–Crippen MR) is 88.5 cm³/mol. The topological polar surface area (TPSA) is 92.5 Å². The molecule has 1 aliphatic heterocycles. The molecule has 124 valence electrons. The molecule has 3 rings (SSSR count). The molecule has 23 heavy (non-hydrogen) atoms. The number of carbonyl (C=O) groups excluding carboxylic acids is 3. The van der Waals surface area contributed by atoms with Gasteiger partial charge in [-0.05, 0) is 37.7 Å². The third-order valence-corrected chi connectivity index (χ3v) is 5.92. The number of thiophene rings is 1. The standard InChI is InChI=1S/C16H21N3O3S/c1-9(20)19-7-5-10(6-8-19)15(22)18-16-13(14(17)21)11-3-2-4-12(11)23-16/h10H,2-8H2,1H3,(H2,17,21)(H,18,22). The second-order valence-corrected chi connectivity index (χ2v) is 7.30. The molecule has 1 aliphatic carbocycles. The molecule has 3 N–H and O–H groups in total. The Morgan fingerprint density at radius 2 is 1.91 bits per heavy atom. The van der Waals surface area contributed by atoms with Gasteiger partial charge in [-0.1, -0.05) is 0 Å². The van der Waals surface area contributed by atoms with Gasteiger partial charge in [-0.2, -0.15) is 0 Å². The summed E-state index contributed by atoms with van der Waals surface area (Å²) in [7, 11) is 0. The number of nitrogens with zero attached hydrogens (tertiary/aromatic N) is 1. The molecule has 0 radical (unpaired) electrons. The number of likely N-dealkylation sites (tertiary alicyclic amines) is 1. The van der Waals surface area contributed by atoms with Crippen molar-refractivity contribution >= 4 is 34.1 Å². The second kappa shape index (κ2) is 6.31. The van der Waals surface area contributed by atoms with Gasteiger partial charge in [0.25, 0.3) is 5.91 Å². The van der Waals surface area contributed by atoms with Crippen molar-refractivity contribution in [2.24, 2.45) is 11.7 Å². The summed E-state index contributed by atoms with van der Waals surface area (Å²) in [5.74, 6) is -0.612. The first-order chi connectivity index (χ1) is 11.0. The van der Waals surface area contributed by atoms with Crippen molar-refractivity contribution in [2.75, 3.05) is 18.4 Å². The zero-order valence-electron chi connectivity index (χ0n) is 13.2. The first-order valence-corrected chi connectivity index (χ1v) is 8.79. The van der Waals surface area contributed by atoms with Crippen LogP contribution in [0.5, 0.6) is 0 Å². The van der Waals surface area contributed by atoms with Crippen LogP contribution in [0, 0.1) is 5.92 Å². The molecule has 1 aromatic heterocycles. The van der Waals surface area contributed by atoms with Crippen molar-refractivity contribution in [3.63, 3.8) is 0 Å². The summed E-state index contributed by atoms with van der Waals surface area (Å²) in [5.41, 5.74) is 7.03. The van der Waals surface area contributed by atoms with Crippen molar-refractivity contribution in [1.82, 2.24) is 4.90 Å². The SMILES string of the molecule is CC(=O)N1CCC(C(=O)Nc2sc3c(c2C(N)=O)CCC3)CC1. The van der Waals surface area contributed by atoms with E-state index in [1.807, 2.05) is 0 Å². The number of hydrogen-bond donors (Lipinski definition) is 2. The van der Waals surface area contributed by atoms with E-state index in [1.165, 1.54) is 16.2 Å². The van der Waals surface area contributed by atoms with Crippen molar-refractivity contribution in [3.05, 3.63) is 16.0 Å². The molecule has 0 atom stereocenters. The number of nitrogens with one attached hydrogen (secondary N) is 1. The van der Waals surface area contributed by atoms with E-state index in [4.69, 9.17) is 5.73 Å². The average Bonchev–Trinajstić information content (AvgIpc) is 3.07. The molecule has 0 spiro atoms. The van der Waals surface area contributed by atoms with Gasteiger partial charge < -0.3 is 16.0 Å². The summed E-state index contributed by atoms with van der Waals surface area (Å²) in [6.07, 6.45) is 4.16. The number of aryl methyl sites for hydroxylation is 1. The maximum atomic E-state index is 12.5. The smallest absolute Gasteiger partial charge is 0.251 e. The van der Waals surface area contributed by atoms with Gasteiger partial charge in [0, 0.05) is 30.8 Å². The van der Waals surface area contributed by atoms with Crippen LogP contribution in [-0.4, -0.2) is 35.7 Å². The third kappa shape index (κ3) is 3.10. The number of nitrogens with two attached hydrogens (primary N) is 1. The Kier molecular flexibility index (Phi) is 4.39. The van der Waals surface area contributed by atoms with Gasteiger partial charge in [0.1, 0.15) is 5.00 Å². The Morgan fingerprint density at radius 3 is 2.52 bits per heavy atom. The molecule has 1 fully saturated rings. The van der Waals surface area contributed by atoms with E-state index >= 15 is 0 Å². The number of hydrogen-bond acceptors (Lipinski definition) is 4. The Morgan fingerprint density at radius 1 is 1.22 bits per heavy atom. The predicted octanol–water partition coefficient (Wildman–Crippen LogP) is 1.53. The highest BCUT2D eigenvalue weighted by molar-refractivity contribution is 7.17. The zero-order valence-corrected chi connectivity index (χ0v) is 14.0. The number of fused-ring (bicyclic) bond motifs is 1. The average molecular weight is 335 g/mol. The Labute approximate surface area is 139 Å². The summed E-state index contributed by atoms with van der Waals surface area (Å²) in [4.78, 5) is 38.5. The number of carbonyl (C=O) groups is 3. The fourth-order valence-corrected chi connectivity index (χ4v) is 4.72. The first kappa shape index (κ1) is 16.0. The molecule has 0 unspecified atom stereocenters. The van der Waals surface area contributed by atoms with E-state index in [0.717, 1.165) is 24.8 Å². The molecule has 1 saturated heterocycles. The van der Waals surface area contributed by atoms with Crippen LogP contribution in [0.1, 0.15) is 47.0 Å². The quantitative estimate of drug-likeness (QED) is 0.877. The van der Waals surface area contributed by atoms with Gasteiger partial charge in [0.15, 0.2) is 0 Å². The van der Waals surface area contributed by atoms with E-state index in [-0.39, 0.29) is 17.7 Å². The van der Waals surface area contributed by atoms with E-state index in [9.17, 15) is 14.4 Å². The molecule has 2 aliphatic rings. The van der Waals surface area contributed by atoms with Crippen molar-refractivity contribution < 1.29 is 14.4 Å². The molecular formula is C16H21N3O3S. The number of primary amides is 1. The molecular weight excluding hydrogens is 314 g/mol. The molecule has 6 nitrogen and oxygen atoms in total. The van der Waals surface area contributed by atoms with Crippen molar-refractivity contribution in [3.8, 4) is 0 Å². The maximum absolute atomic E-state index is 12.5. The Balaban J connectivity index is 1.70. The highest BCUT2D eigenvalue weighted by Crippen LogP contribution is 2.39. The summed E-state index contributed by atoms with van der Waals surface area (Å²) >= 11 is 1.48. The van der Waals surface area contributed by atoms with E-state index < -0.39 is 5.91 Å². The highest BCUT2D eigenvalue weighted by atomic mass is 32.1. The minimum atomic E-state index is -0.467. The minimum absolute atomic E-state index is 0.0505. The Hall–Kier alpha value is -1.89. The third-order valence-electron chi connectivity index (χ3n) is 4.72. The molecule has 0 saturated carbocycles. The summed E-state index contributed by atoms with van der Waals surface area (Å²) < 4.78 is 0. The lowest BCUT2D eigenvalue weighted by atomic mass is 9.96. The van der Waals surface area contributed by atoms with Gasteiger partial charge in [-0.25, -0.2) is 0 Å². The summed E-state index contributed by atoms with van der Waals surface area (Å²) in [5, 5.41) is 3.51. The van der Waals surface area contributed by atoms with Crippen LogP contribution in [-0.2, 0) is 22.4 Å². The van der Waals surface area contributed by atoms with Gasteiger partial charge in [-0.3, -0.25) is 14.4 Å². The van der Waals surface area contributed by atoms with Crippen LogP contribution in [0.25, 0.3) is 0 Å². The normalized spacial score (nSPS) is 17.9. The lowest BCUT2D eigenvalue weighted by Gasteiger charge is -2.30. The fraction of sp³-hybridized carbons (Fsp3) is 0.562. The van der Waals surface area contributed by atoms with Gasteiger partial charge in [0.05, 0.1) is 5.56 Å².